The molecule has 0 bridgehead atoms. The molecule has 2 aromatic carbocycles. The highest BCUT2D eigenvalue weighted by Gasteiger charge is 2.30. The Labute approximate surface area is 168 Å². The average Bonchev–Trinajstić information content (AvgIpc) is 3.22. The molecule has 0 saturated heterocycles. The van der Waals surface area contributed by atoms with Crippen molar-refractivity contribution in [1.29, 1.82) is 0 Å². The van der Waals surface area contributed by atoms with Gasteiger partial charge in [-0.3, -0.25) is 0 Å². The van der Waals surface area contributed by atoms with Crippen LogP contribution in [-0.2, 0) is 0 Å². The molecular weight excluding hydrogens is 344 g/mol. The Hall–Kier alpha value is -1.73. The predicted octanol–water partition coefficient (Wildman–Crippen LogP) is 8.38. The normalized spacial score (nSPS) is 20.2. The summed E-state index contributed by atoms with van der Waals surface area (Å²) in [7, 11) is 0. The fourth-order valence-corrected chi connectivity index (χ4v) is 5.90. The second kappa shape index (κ2) is 8.52. The molecule has 2 aromatic rings. The van der Waals surface area contributed by atoms with Crippen molar-refractivity contribution < 1.29 is 0 Å². The van der Waals surface area contributed by atoms with Gasteiger partial charge in [-0.25, -0.2) is 0 Å². The van der Waals surface area contributed by atoms with Crippen molar-refractivity contribution in [3.63, 3.8) is 0 Å². The first-order chi connectivity index (χ1) is 13.3. The number of fused-ring (bicyclic) bond motifs is 2. The van der Waals surface area contributed by atoms with Crippen LogP contribution >= 0.6 is 11.8 Å². The molecule has 140 valence electrons. The first kappa shape index (κ1) is 18.6. The first-order valence-corrected chi connectivity index (χ1v) is 11.4. The van der Waals surface area contributed by atoms with Gasteiger partial charge in [0.05, 0.1) is 0 Å². The molecule has 0 heterocycles. The van der Waals surface area contributed by atoms with Crippen LogP contribution in [0.2, 0.25) is 0 Å². The lowest BCUT2D eigenvalue weighted by Crippen LogP contribution is -2.00. The largest absolute Gasteiger partial charge is 0.0977 e. The third-order valence-electron chi connectivity index (χ3n) is 5.95. The maximum atomic E-state index is 2.46. The Bertz CT molecular complexity index is 787. The number of rotatable bonds is 8. The van der Waals surface area contributed by atoms with Crippen LogP contribution < -0.4 is 0 Å². The van der Waals surface area contributed by atoms with Crippen LogP contribution in [-0.4, -0.2) is 0 Å². The van der Waals surface area contributed by atoms with E-state index in [-0.39, 0.29) is 0 Å². The van der Waals surface area contributed by atoms with Crippen LogP contribution in [0.15, 0.2) is 58.3 Å². The lowest BCUT2D eigenvalue weighted by molar-refractivity contribution is 0.660. The second-order valence-electron chi connectivity index (χ2n) is 7.84. The quantitative estimate of drug-likeness (QED) is 0.447. The predicted molar refractivity (Wildman–Crippen MR) is 121 cm³/mol. The molecule has 27 heavy (non-hydrogen) atoms. The molecule has 0 saturated carbocycles. The lowest BCUT2D eigenvalue weighted by atomic mass is 9.95. The fourth-order valence-electron chi connectivity index (χ4n) is 4.48. The Balaban J connectivity index is 1.60. The van der Waals surface area contributed by atoms with Gasteiger partial charge in [0.1, 0.15) is 0 Å². The van der Waals surface area contributed by atoms with Crippen molar-refractivity contribution in [2.24, 2.45) is 0 Å². The molecule has 2 aliphatic carbocycles. The summed E-state index contributed by atoms with van der Waals surface area (Å²) in [5.74, 6) is 1.17. The van der Waals surface area contributed by atoms with E-state index < -0.39 is 0 Å². The smallest absolute Gasteiger partial charge is 0.0159 e. The zero-order chi connectivity index (χ0) is 18.6. The molecule has 0 N–H and O–H groups in total. The van der Waals surface area contributed by atoms with E-state index in [1.54, 1.807) is 9.81 Å². The number of benzene rings is 2. The Morgan fingerprint density at radius 1 is 0.667 bits per heavy atom. The molecular formula is C26H30S. The highest BCUT2D eigenvalue weighted by atomic mass is 32.2. The van der Waals surface area contributed by atoms with E-state index in [0.29, 0.717) is 11.8 Å². The molecule has 0 radical (unpaired) electrons. The highest BCUT2D eigenvalue weighted by molar-refractivity contribution is 8.07. The van der Waals surface area contributed by atoms with Crippen LogP contribution in [0.3, 0.4) is 0 Å². The molecule has 0 spiro atoms. The molecule has 2 unspecified atom stereocenters. The summed E-state index contributed by atoms with van der Waals surface area (Å²) in [6.07, 6.45) is 12.6. The highest BCUT2D eigenvalue weighted by Crippen LogP contribution is 2.53. The summed E-state index contributed by atoms with van der Waals surface area (Å²) in [5, 5.41) is 0. The summed E-state index contributed by atoms with van der Waals surface area (Å²) in [4.78, 5) is 3.12. The number of thioether (sulfide) groups is 1. The van der Waals surface area contributed by atoms with Gasteiger partial charge >= 0.3 is 0 Å². The molecule has 0 aromatic heterocycles. The van der Waals surface area contributed by atoms with Gasteiger partial charge in [-0.2, -0.15) is 0 Å². The van der Waals surface area contributed by atoms with E-state index in [1.807, 2.05) is 0 Å². The van der Waals surface area contributed by atoms with E-state index in [2.05, 4.69) is 86.3 Å². The molecule has 0 nitrogen and oxygen atoms in total. The number of allylic oxidation sites excluding steroid dienone is 2. The fraction of sp³-hybridized carbons (Fsp3) is 0.385. The standard InChI is InChI=1S/C26H30S/c1-3-5-13-23-21-15-9-7-11-19(21)17-25(23)27-26-18-20-12-8-10-16-22(20)24(26)14-6-4-2/h7-12,15-18,23-24H,3-6,13-14H2,1-2H3. The molecule has 2 aliphatic rings. The van der Waals surface area contributed by atoms with Gasteiger partial charge < -0.3 is 0 Å². The van der Waals surface area contributed by atoms with Gasteiger partial charge in [-0.05, 0) is 57.1 Å². The van der Waals surface area contributed by atoms with Crippen molar-refractivity contribution in [3.8, 4) is 0 Å². The van der Waals surface area contributed by atoms with Gasteiger partial charge in [-0.15, -0.1) is 0 Å². The van der Waals surface area contributed by atoms with Gasteiger partial charge in [0.25, 0.3) is 0 Å². The number of unbranched alkanes of at least 4 members (excludes halogenated alkanes) is 2. The third kappa shape index (κ3) is 3.80. The molecule has 0 amide bonds. The van der Waals surface area contributed by atoms with Gasteiger partial charge in [0.2, 0.25) is 0 Å². The number of hydrogen-bond donors (Lipinski definition) is 0. The minimum atomic E-state index is 0.586. The van der Waals surface area contributed by atoms with Crippen molar-refractivity contribution >= 4 is 23.9 Å². The summed E-state index contributed by atoms with van der Waals surface area (Å²) in [6.45, 7) is 4.60. The number of hydrogen-bond acceptors (Lipinski definition) is 1. The first-order valence-electron chi connectivity index (χ1n) is 10.6. The average molecular weight is 375 g/mol. The zero-order valence-electron chi connectivity index (χ0n) is 16.6. The van der Waals surface area contributed by atoms with Crippen molar-refractivity contribution in [3.05, 3.63) is 80.6 Å². The van der Waals surface area contributed by atoms with Crippen molar-refractivity contribution in [1.82, 2.24) is 0 Å². The van der Waals surface area contributed by atoms with Crippen LogP contribution in [0.4, 0.5) is 0 Å². The Kier molecular flexibility index (Phi) is 5.88. The Morgan fingerprint density at radius 2 is 1.11 bits per heavy atom. The molecule has 0 fully saturated rings. The summed E-state index contributed by atoms with van der Waals surface area (Å²) in [5.41, 5.74) is 5.94. The van der Waals surface area contributed by atoms with E-state index in [0.717, 1.165) is 0 Å². The maximum absolute atomic E-state index is 2.46. The van der Waals surface area contributed by atoms with Crippen molar-refractivity contribution in [2.45, 2.75) is 64.2 Å². The van der Waals surface area contributed by atoms with E-state index in [1.165, 1.54) is 60.8 Å². The SMILES string of the molecule is CCCCC1C(SC2=Cc3ccccc3C2CCCC)=Cc2ccccc21. The van der Waals surface area contributed by atoms with Crippen LogP contribution in [0.1, 0.15) is 86.5 Å². The summed E-state index contributed by atoms with van der Waals surface area (Å²) in [6, 6.07) is 18.0. The van der Waals surface area contributed by atoms with Gasteiger partial charge in [0, 0.05) is 11.8 Å². The van der Waals surface area contributed by atoms with Crippen LogP contribution in [0, 0.1) is 0 Å². The minimum Gasteiger partial charge on any atom is -0.0977 e. The third-order valence-corrected chi connectivity index (χ3v) is 7.23. The summed E-state index contributed by atoms with van der Waals surface area (Å²) >= 11 is 2.07. The van der Waals surface area contributed by atoms with Crippen molar-refractivity contribution in [2.75, 3.05) is 0 Å². The zero-order valence-corrected chi connectivity index (χ0v) is 17.4. The lowest BCUT2D eigenvalue weighted by Gasteiger charge is -2.20. The van der Waals surface area contributed by atoms with E-state index >= 15 is 0 Å². The molecule has 4 rings (SSSR count). The topological polar surface area (TPSA) is 0 Å². The van der Waals surface area contributed by atoms with E-state index in [9.17, 15) is 0 Å². The van der Waals surface area contributed by atoms with Gasteiger partial charge in [0.15, 0.2) is 0 Å². The van der Waals surface area contributed by atoms with Crippen LogP contribution in [0.25, 0.3) is 12.2 Å². The monoisotopic (exact) mass is 374 g/mol. The minimum absolute atomic E-state index is 0.586. The van der Waals surface area contributed by atoms with Crippen LogP contribution in [0.5, 0.6) is 0 Å². The summed E-state index contributed by atoms with van der Waals surface area (Å²) < 4.78 is 0. The maximum Gasteiger partial charge on any atom is 0.0159 e. The Morgan fingerprint density at radius 3 is 1.56 bits per heavy atom. The second-order valence-corrected chi connectivity index (χ2v) is 8.99. The van der Waals surface area contributed by atoms with Gasteiger partial charge in [-0.1, -0.05) is 99.8 Å². The molecule has 1 heteroatoms. The van der Waals surface area contributed by atoms with E-state index in [4.69, 9.17) is 0 Å². The molecule has 0 aliphatic heterocycles. The molecule has 2 atom stereocenters.